The van der Waals surface area contributed by atoms with Crippen LogP contribution in [0.2, 0.25) is 0 Å². The van der Waals surface area contributed by atoms with Crippen molar-refractivity contribution in [3.63, 3.8) is 0 Å². The predicted octanol–water partition coefficient (Wildman–Crippen LogP) is 4.36. The van der Waals surface area contributed by atoms with Gasteiger partial charge in [-0.15, -0.1) is 0 Å². The van der Waals surface area contributed by atoms with Gasteiger partial charge in [-0.05, 0) is 59.1 Å². The highest BCUT2D eigenvalue weighted by atomic mass is 127. The Kier molecular flexibility index (Phi) is 3.80. The zero-order chi connectivity index (χ0) is 14.1. The van der Waals surface area contributed by atoms with Gasteiger partial charge < -0.3 is 14.3 Å². The van der Waals surface area contributed by atoms with Crippen molar-refractivity contribution in [1.82, 2.24) is 9.55 Å². The fourth-order valence-corrected chi connectivity index (χ4v) is 3.06. The highest BCUT2D eigenvalue weighted by Gasteiger charge is 2.08. The quantitative estimate of drug-likeness (QED) is 0.527. The molecule has 20 heavy (non-hydrogen) atoms. The van der Waals surface area contributed by atoms with Gasteiger partial charge in [-0.3, -0.25) is 0 Å². The molecule has 1 N–H and O–H groups in total. The van der Waals surface area contributed by atoms with Gasteiger partial charge in [0.25, 0.3) is 0 Å². The molecule has 3 aromatic rings. The second-order valence-electron chi connectivity index (χ2n) is 4.49. The molecule has 0 atom stereocenters. The number of fused-ring (bicyclic) bond motifs is 1. The first-order valence-corrected chi connectivity index (χ1v) is 7.67. The topological polar surface area (TPSA) is 29.9 Å². The van der Waals surface area contributed by atoms with Gasteiger partial charge in [-0.1, -0.05) is 18.2 Å². The lowest BCUT2D eigenvalue weighted by Gasteiger charge is -2.09. The molecule has 1 aromatic heterocycles. The molecular formula is C15H13IN2OS. The first-order chi connectivity index (χ1) is 9.69. The van der Waals surface area contributed by atoms with Crippen LogP contribution in [0.4, 0.5) is 0 Å². The molecule has 0 amide bonds. The van der Waals surface area contributed by atoms with E-state index in [-0.39, 0.29) is 0 Å². The molecule has 3 rings (SSSR count). The van der Waals surface area contributed by atoms with E-state index in [2.05, 4.69) is 56.4 Å². The highest BCUT2D eigenvalue weighted by molar-refractivity contribution is 14.1. The van der Waals surface area contributed by atoms with Crippen LogP contribution in [0.3, 0.4) is 0 Å². The lowest BCUT2D eigenvalue weighted by atomic mass is 10.2. The van der Waals surface area contributed by atoms with Crippen molar-refractivity contribution >= 4 is 45.8 Å². The van der Waals surface area contributed by atoms with Crippen LogP contribution in [-0.2, 0) is 6.54 Å². The summed E-state index contributed by atoms with van der Waals surface area (Å²) in [5.74, 6) is 0.884. The molecule has 0 aliphatic rings. The Balaban J connectivity index is 2.11. The third-order valence-corrected chi connectivity index (χ3v) is 4.25. The number of imidazole rings is 1. The lowest BCUT2D eigenvalue weighted by molar-refractivity contribution is 0.408. The summed E-state index contributed by atoms with van der Waals surface area (Å²) in [6.07, 6.45) is 0. The molecule has 102 valence electrons. The molecule has 2 aromatic carbocycles. The predicted molar refractivity (Wildman–Crippen MR) is 91.9 cm³/mol. The van der Waals surface area contributed by atoms with Crippen molar-refractivity contribution in [2.24, 2.45) is 0 Å². The number of para-hydroxylation sites is 1. The molecule has 3 nitrogen and oxygen atoms in total. The molecule has 0 unspecified atom stereocenters. The number of nitrogens with one attached hydrogen (secondary N) is 1. The van der Waals surface area contributed by atoms with Gasteiger partial charge in [0.15, 0.2) is 4.77 Å². The zero-order valence-electron chi connectivity index (χ0n) is 10.9. The third-order valence-electron chi connectivity index (χ3n) is 3.26. The average molecular weight is 396 g/mol. The molecule has 0 spiro atoms. The maximum atomic E-state index is 5.44. The van der Waals surface area contributed by atoms with Gasteiger partial charge >= 0.3 is 0 Å². The van der Waals surface area contributed by atoms with E-state index in [0.717, 1.165) is 27.1 Å². The largest absolute Gasteiger partial charge is 0.496 e. The van der Waals surface area contributed by atoms with E-state index in [1.807, 2.05) is 18.2 Å². The van der Waals surface area contributed by atoms with E-state index >= 15 is 0 Å². The second kappa shape index (κ2) is 5.57. The number of hydrogen-bond donors (Lipinski definition) is 1. The maximum Gasteiger partial charge on any atom is 0.178 e. The van der Waals surface area contributed by atoms with E-state index in [1.165, 1.54) is 3.57 Å². The molecule has 0 aliphatic heterocycles. The van der Waals surface area contributed by atoms with Gasteiger partial charge in [0.2, 0.25) is 0 Å². The second-order valence-corrected chi connectivity index (χ2v) is 6.12. The van der Waals surface area contributed by atoms with Crippen LogP contribution in [-0.4, -0.2) is 16.7 Å². The monoisotopic (exact) mass is 396 g/mol. The Hall–Kier alpha value is -1.34. The van der Waals surface area contributed by atoms with E-state index in [9.17, 15) is 0 Å². The zero-order valence-corrected chi connectivity index (χ0v) is 13.9. The summed E-state index contributed by atoms with van der Waals surface area (Å²) in [6.45, 7) is 0.698. The summed E-state index contributed by atoms with van der Waals surface area (Å²) < 4.78 is 9.42. The average Bonchev–Trinajstić information content (AvgIpc) is 2.75. The number of nitrogens with zero attached hydrogens (tertiary/aromatic N) is 1. The van der Waals surface area contributed by atoms with Gasteiger partial charge in [0.05, 0.1) is 24.7 Å². The molecular weight excluding hydrogens is 383 g/mol. The summed E-state index contributed by atoms with van der Waals surface area (Å²) in [5.41, 5.74) is 3.30. The Labute approximate surface area is 135 Å². The van der Waals surface area contributed by atoms with E-state index in [4.69, 9.17) is 17.0 Å². The van der Waals surface area contributed by atoms with E-state index in [0.29, 0.717) is 6.54 Å². The number of benzene rings is 2. The van der Waals surface area contributed by atoms with Gasteiger partial charge in [-0.25, -0.2) is 0 Å². The first-order valence-electron chi connectivity index (χ1n) is 6.19. The number of methoxy groups -OCH3 is 1. The minimum Gasteiger partial charge on any atom is -0.496 e. The Bertz CT molecular complexity index is 822. The van der Waals surface area contributed by atoms with Gasteiger partial charge in [-0.2, -0.15) is 0 Å². The number of hydrogen-bond acceptors (Lipinski definition) is 2. The number of rotatable bonds is 3. The number of aromatic nitrogens is 2. The Morgan fingerprint density at radius 2 is 2.05 bits per heavy atom. The number of H-pyrrole nitrogens is 1. The van der Waals surface area contributed by atoms with Crippen molar-refractivity contribution in [2.45, 2.75) is 6.54 Å². The summed E-state index contributed by atoms with van der Waals surface area (Å²) in [4.78, 5) is 3.26. The van der Waals surface area contributed by atoms with E-state index < -0.39 is 0 Å². The van der Waals surface area contributed by atoms with Crippen LogP contribution in [0.1, 0.15) is 5.56 Å². The Morgan fingerprint density at radius 3 is 2.85 bits per heavy atom. The minimum atomic E-state index is 0.698. The maximum absolute atomic E-state index is 5.44. The standard InChI is InChI=1S/C15H13IN2OS/c1-19-14-5-3-2-4-10(14)9-18-13-7-6-11(16)8-12(13)17-15(18)20/h2-8H,9H2,1H3,(H,17,20). The number of aromatic amines is 1. The number of halogens is 1. The lowest BCUT2D eigenvalue weighted by Crippen LogP contribution is -2.01. The van der Waals surface area contributed by atoms with Crippen LogP contribution in [0.5, 0.6) is 5.75 Å². The summed E-state index contributed by atoms with van der Waals surface area (Å²) >= 11 is 7.74. The third kappa shape index (κ3) is 2.47. The van der Waals surface area contributed by atoms with Crippen molar-refractivity contribution < 1.29 is 4.74 Å². The molecule has 0 radical (unpaired) electrons. The van der Waals surface area contributed by atoms with Crippen LogP contribution >= 0.6 is 34.8 Å². The normalized spacial score (nSPS) is 10.9. The minimum absolute atomic E-state index is 0.698. The van der Waals surface area contributed by atoms with Crippen LogP contribution in [0.25, 0.3) is 11.0 Å². The smallest absolute Gasteiger partial charge is 0.178 e. The highest BCUT2D eigenvalue weighted by Crippen LogP contribution is 2.22. The summed E-state index contributed by atoms with van der Waals surface area (Å²) in [5, 5.41) is 0. The SMILES string of the molecule is COc1ccccc1Cn1c(=S)[nH]c2cc(I)ccc21. The van der Waals surface area contributed by atoms with Crippen LogP contribution in [0.15, 0.2) is 42.5 Å². The molecule has 0 saturated carbocycles. The summed E-state index contributed by atoms with van der Waals surface area (Å²) in [6, 6.07) is 14.3. The van der Waals surface area contributed by atoms with Gasteiger partial charge in [0, 0.05) is 9.13 Å². The molecule has 5 heteroatoms. The molecule has 0 aliphatic carbocycles. The number of ether oxygens (including phenoxy) is 1. The molecule has 0 fully saturated rings. The fraction of sp³-hybridized carbons (Fsp3) is 0.133. The van der Waals surface area contributed by atoms with E-state index in [1.54, 1.807) is 7.11 Å². The van der Waals surface area contributed by atoms with Crippen molar-refractivity contribution in [3.05, 3.63) is 56.4 Å². The summed E-state index contributed by atoms with van der Waals surface area (Å²) in [7, 11) is 1.69. The van der Waals surface area contributed by atoms with Crippen LogP contribution < -0.4 is 4.74 Å². The Morgan fingerprint density at radius 1 is 1.25 bits per heavy atom. The fourth-order valence-electron chi connectivity index (χ4n) is 2.30. The molecule has 1 heterocycles. The van der Waals surface area contributed by atoms with Crippen molar-refractivity contribution in [1.29, 1.82) is 0 Å². The van der Waals surface area contributed by atoms with Crippen molar-refractivity contribution in [3.8, 4) is 5.75 Å². The molecule has 0 bridgehead atoms. The van der Waals surface area contributed by atoms with Gasteiger partial charge in [0.1, 0.15) is 5.75 Å². The first kappa shape index (κ1) is 13.6. The van der Waals surface area contributed by atoms with Crippen LogP contribution in [0, 0.1) is 8.34 Å². The van der Waals surface area contributed by atoms with Crippen molar-refractivity contribution in [2.75, 3.05) is 7.11 Å². The molecule has 0 saturated heterocycles.